The fraction of sp³-hybridized carbons (Fsp3) is 0.238. The van der Waals surface area contributed by atoms with Gasteiger partial charge in [-0.25, -0.2) is 0 Å². The Kier molecular flexibility index (Phi) is 6.19. The smallest absolute Gasteiger partial charge is 0.293 e. The molecule has 3 rings (SSSR count). The summed E-state index contributed by atoms with van der Waals surface area (Å²) in [5, 5.41) is -0.220. The van der Waals surface area contributed by atoms with Crippen LogP contribution in [0.2, 0.25) is 0 Å². The number of imide groups is 1. The van der Waals surface area contributed by atoms with Crippen LogP contribution in [0.5, 0.6) is 11.5 Å². The second-order valence-electron chi connectivity index (χ2n) is 6.02. The van der Waals surface area contributed by atoms with Gasteiger partial charge in [-0.15, -0.1) is 0 Å². The van der Waals surface area contributed by atoms with Crippen molar-refractivity contribution in [1.82, 2.24) is 4.90 Å². The number of amides is 2. The number of ether oxygens (including phenoxy) is 2. The first-order valence-corrected chi connectivity index (χ1v) is 9.54. The Morgan fingerprint density at radius 1 is 1.07 bits per heavy atom. The number of nitrogens with zero attached hydrogens (tertiary/aromatic N) is 1. The molecule has 2 aromatic rings. The molecule has 0 radical (unpaired) electrons. The molecule has 2 amide bonds. The van der Waals surface area contributed by atoms with Crippen LogP contribution >= 0.6 is 11.8 Å². The van der Waals surface area contributed by atoms with E-state index in [9.17, 15) is 9.59 Å². The van der Waals surface area contributed by atoms with E-state index in [0.717, 1.165) is 29.3 Å². The van der Waals surface area contributed by atoms with E-state index in [2.05, 4.69) is 0 Å². The average Bonchev–Trinajstić information content (AvgIpc) is 2.95. The largest absolute Gasteiger partial charge is 0.493 e. The summed E-state index contributed by atoms with van der Waals surface area (Å²) in [6.07, 6.45) is 2.46. The minimum atomic E-state index is -0.241. The molecule has 0 unspecified atom stereocenters. The molecule has 0 bridgehead atoms. The topological polar surface area (TPSA) is 55.8 Å². The van der Waals surface area contributed by atoms with E-state index < -0.39 is 0 Å². The summed E-state index contributed by atoms with van der Waals surface area (Å²) in [6.45, 7) is 2.79. The van der Waals surface area contributed by atoms with Gasteiger partial charge in [0.1, 0.15) is 6.61 Å². The molecule has 0 aromatic heterocycles. The van der Waals surface area contributed by atoms with Crippen molar-refractivity contribution in [2.75, 3.05) is 13.7 Å². The first-order chi connectivity index (χ1) is 13.1. The Bertz CT molecular complexity index is 864. The van der Waals surface area contributed by atoms with Gasteiger partial charge >= 0.3 is 0 Å². The Morgan fingerprint density at radius 2 is 1.85 bits per heavy atom. The highest BCUT2D eigenvalue weighted by atomic mass is 32.2. The molecule has 6 heteroatoms. The molecule has 1 aliphatic rings. The highest BCUT2D eigenvalue weighted by Gasteiger charge is 2.34. The predicted molar refractivity (Wildman–Crippen MR) is 107 cm³/mol. The number of benzene rings is 2. The fourth-order valence-electron chi connectivity index (χ4n) is 2.70. The summed E-state index contributed by atoms with van der Waals surface area (Å²) < 4.78 is 11.3. The van der Waals surface area contributed by atoms with Crippen LogP contribution in [0.4, 0.5) is 4.79 Å². The van der Waals surface area contributed by atoms with Crippen LogP contribution in [-0.4, -0.2) is 29.7 Å². The summed E-state index contributed by atoms with van der Waals surface area (Å²) in [4.78, 5) is 26.1. The lowest BCUT2D eigenvalue weighted by atomic mass is 10.1. The molecule has 27 heavy (non-hydrogen) atoms. The van der Waals surface area contributed by atoms with E-state index in [1.165, 1.54) is 4.90 Å². The number of rotatable bonds is 7. The lowest BCUT2D eigenvalue weighted by molar-refractivity contribution is -0.122. The van der Waals surface area contributed by atoms with E-state index in [-0.39, 0.29) is 11.1 Å². The molecule has 1 fully saturated rings. The van der Waals surface area contributed by atoms with E-state index >= 15 is 0 Å². The predicted octanol–water partition coefficient (Wildman–Crippen LogP) is 4.72. The SMILES string of the molecule is CCCN1C(=O)S/C(=C/c2ccc(OC)c(OCc3ccccc3)c2)C1=O. The van der Waals surface area contributed by atoms with Gasteiger partial charge in [0.05, 0.1) is 12.0 Å². The highest BCUT2D eigenvalue weighted by molar-refractivity contribution is 8.18. The van der Waals surface area contributed by atoms with Crippen LogP contribution in [0.1, 0.15) is 24.5 Å². The van der Waals surface area contributed by atoms with Crippen LogP contribution < -0.4 is 9.47 Å². The summed E-state index contributed by atoms with van der Waals surface area (Å²) in [5.41, 5.74) is 1.83. The molecule has 1 saturated heterocycles. The molecule has 1 aliphatic heterocycles. The quantitative estimate of drug-likeness (QED) is 0.648. The fourth-order valence-corrected chi connectivity index (χ4v) is 3.56. The molecule has 1 heterocycles. The maximum Gasteiger partial charge on any atom is 0.293 e. The van der Waals surface area contributed by atoms with Crippen molar-refractivity contribution in [2.24, 2.45) is 0 Å². The van der Waals surface area contributed by atoms with Crippen LogP contribution in [0.3, 0.4) is 0 Å². The van der Waals surface area contributed by atoms with Gasteiger partial charge in [0.2, 0.25) is 0 Å². The van der Waals surface area contributed by atoms with Crippen molar-refractivity contribution >= 4 is 29.0 Å². The molecule has 0 aliphatic carbocycles. The normalized spacial score (nSPS) is 15.5. The molecular formula is C21H21NO4S. The van der Waals surface area contributed by atoms with Crippen molar-refractivity contribution in [1.29, 1.82) is 0 Å². The van der Waals surface area contributed by atoms with Gasteiger partial charge in [-0.3, -0.25) is 14.5 Å². The van der Waals surface area contributed by atoms with Crippen molar-refractivity contribution < 1.29 is 19.1 Å². The lowest BCUT2D eigenvalue weighted by Crippen LogP contribution is -2.28. The summed E-state index contributed by atoms with van der Waals surface area (Å²) >= 11 is 0.969. The molecule has 140 valence electrons. The number of methoxy groups -OCH3 is 1. The minimum absolute atomic E-state index is 0.220. The number of hydrogen-bond acceptors (Lipinski definition) is 5. The van der Waals surface area contributed by atoms with Gasteiger partial charge in [0, 0.05) is 6.54 Å². The second kappa shape index (κ2) is 8.77. The van der Waals surface area contributed by atoms with Gasteiger partial charge in [-0.05, 0) is 47.5 Å². The van der Waals surface area contributed by atoms with Crippen LogP contribution in [-0.2, 0) is 11.4 Å². The number of thioether (sulfide) groups is 1. The van der Waals surface area contributed by atoms with E-state index in [1.807, 2.05) is 49.4 Å². The van der Waals surface area contributed by atoms with Crippen molar-refractivity contribution in [3.63, 3.8) is 0 Å². The monoisotopic (exact) mass is 383 g/mol. The van der Waals surface area contributed by atoms with Gasteiger partial charge in [0.15, 0.2) is 11.5 Å². The molecular weight excluding hydrogens is 362 g/mol. The maximum atomic E-state index is 12.4. The van der Waals surface area contributed by atoms with Crippen LogP contribution in [0.15, 0.2) is 53.4 Å². The van der Waals surface area contributed by atoms with Crippen molar-refractivity contribution in [3.8, 4) is 11.5 Å². The molecule has 0 spiro atoms. The van der Waals surface area contributed by atoms with E-state index in [0.29, 0.717) is 29.6 Å². The van der Waals surface area contributed by atoms with Crippen molar-refractivity contribution in [3.05, 3.63) is 64.6 Å². The Hall–Kier alpha value is -2.73. The van der Waals surface area contributed by atoms with Crippen molar-refractivity contribution in [2.45, 2.75) is 20.0 Å². The van der Waals surface area contributed by atoms with E-state index in [1.54, 1.807) is 19.3 Å². The zero-order chi connectivity index (χ0) is 19.2. The lowest BCUT2D eigenvalue weighted by Gasteiger charge is -2.12. The van der Waals surface area contributed by atoms with Crippen LogP contribution in [0.25, 0.3) is 6.08 Å². The molecule has 5 nitrogen and oxygen atoms in total. The van der Waals surface area contributed by atoms with E-state index in [4.69, 9.17) is 9.47 Å². The standard InChI is InChI=1S/C21H21NO4S/c1-3-11-22-20(23)19(27-21(22)24)13-16-9-10-17(25-2)18(12-16)26-14-15-7-5-4-6-8-15/h4-10,12-13H,3,11,14H2,1-2H3/b19-13+. The number of hydrogen-bond donors (Lipinski definition) is 0. The first kappa shape index (κ1) is 19.0. The third-order valence-corrected chi connectivity index (χ3v) is 4.95. The third-order valence-electron chi connectivity index (χ3n) is 4.04. The average molecular weight is 383 g/mol. The number of carbonyl (C=O) groups is 2. The van der Waals surface area contributed by atoms with Gasteiger partial charge in [-0.1, -0.05) is 43.3 Å². The van der Waals surface area contributed by atoms with Gasteiger partial charge < -0.3 is 9.47 Å². The zero-order valence-corrected chi connectivity index (χ0v) is 16.1. The Morgan fingerprint density at radius 3 is 2.56 bits per heavy atom. The molecule has 0 N–H and O–H groups in total. The second-order valence-corrected chi connectivity index (χ2v) is 7.01. The first-order valence-electron chi connectivity index (χ1n) is 8.72. The van der Waals surface area contributed by atoms with Gasteiger partial charge in [-0.2, -0.15) is 0 Å². The third kappa shape index (κ3) is 4.52. The minimum Gasteiger partial charge on any atom is -0.493 e. The molecule has 0 atom stereocenters. The summed E-state index contributed by atoms with van der Waals surface area (Å²) in [5.74, 6) is 0.958. The van der Waals surface area contributed by atoms with Gasteiger partial charge in [0.25, 0.3) is 11.1 Å². The maximum absolute atomic E-state index is 12.4. The Labute approximate surface area is 163 Å². The molecule has 2 aromatic carbocycles. The molecule has 0 saturated carbocycles. The Balaban J connectivity index is 1.80. The number of carbonyl (C=O) groups excluding carboxylic acids is 2. The summed E-state index contributed by atoms with van der Waals surface area (Å²) in [7, 11) is 1.58. The van der Waals surface area contributed by atoms with Crippen LogP contribution in [0, 0.1) is 0 Å². The summed E-state index contributed by atoms with van der Waals surface area (Å²) in [6, 6.07) is 15.3. The highest BCUT2D eigenvalue weighted by Crippen LogP contribution is 2.34. The zero-order valence-electron chi connectivity index (χ0n) is 15.3.